The first-order valence-electron chi connectivity index (χ1n) is 5.05. The third-order valence-corrected chi connectivity index (χ3v) is 1.85. The molecule has 6 nitrogen and oxygen atoms in total. The van der Waals surface area contributed by atoms with Crippen LogP contribution in [0.25, 0.3) is 0 Å². The van der Waals surface area contributed by atoms with Crippen LogP contribution >= 0.6 is 0 Å². The molecule has 6 heteroatoms. The van der Waals surface area contributed by atoms with Gasteiger partial charge in [-0.25, -0.2) is 0 Å². The van der Waals surface area contributed by atoms with E-state index in [-0.39, 0.29) is 6.17 Å². The minimum Gasteiger partial charge on any atom is -0.329 e. The van der Waals surface area contributed by atoms with E-state index in [1.165, 1.54) is 0 Å². The van der Waals surface area contributed by atoms with E-state index in [0.717, 1.165) is 32.7 Å². The molecule has 1 saturated heterocycles. The molecule has 14 heavy (non-hydrogen) atoms. The third-order valence-electron chi connectivity index (χ3n) is 1.85. The average molecular weight is 204 g/mol. The number of rotatable bonds is 3. The van der Waals surface area contributed by atoms with Crippen molar-refractivity contribution in [2.24, 2.45) is 22.9 Å². The molecule has 0 spiro atoms. The van der Waals surface area contributed by atoms with Crippen molar-refractivity contribution in [1.82, 2.24) is 10.2 Å². The van der Waals surface area contributed by atoms with Crippen LogP contribution < -0.4 is 28.3 Å². The summed E-state index contributed by atoms with van der Waals surface area (Å²) < 4.78 is 0. The van der Waals surface area contributed by atoms with Gasteiger partial charge in [-0.3, -0.25) is 4.90 Å². The first-order chi connectivity index (χ1) is 6.70. The predicted octanol–water partition coefficient (Wildman–Crippen LogP) is -2.96. The molecule has 0 amide bonds. The summed E-state index contributed by atoms with van der Waals surface area (Å²) in [5.74, 6) is 0. The van der Waals surface area contributed by atoms with Gasteiger partial charge in [0.1, 0.15) is 0 Å². The van der Waals surface area contributed by atoms with Crippen molar-refractivity contribution >= 4 is 0 Å². The molecule has 86 valence electrons. The summed E-state index contributed by atoms with van der Waals surface area (Å²) in [6.07, 6.45) is -0.182. The topological polar surface area (TPSA) is 119 Å². The quantitative estimate of drug-likeness (QED) is 0.313. The summed E-state index contributed by atoms with van der Waals surface area (Å²) in [6, 6.07) is 0. The molecule has 0 unspecified atom stereocenters. The monoisotopic (exact) mass is 204 g/mol. The summed E-state index contributed by atoms with van der Waals surface area (Å²) in [5, 5.41) is 3.26. The number of nitrogens with one attached hydrogen (secondary N) is 1. The van der Waals surface area contributed by atoms with Crippen LogP contribution in [0.2, 0.25) is 0 Å². The van der Waals surface area contributed by atoms with Crippen molar-refractivity contribution < 1.29 is 0 Å². The standard InChI is InChI=1S/C6H16N4.C2H8N2/c7-6(8)5-10-3-1-9-2-4-10;3-1-2-4/h6,9H,1-5,7-8H2;1-4H2. The largest absolute Gasteiger partial charge is 0.329 e. The smallest absolute Gasteiger partial charge is 0.0652 e. The zero-order valence-corrected chi connectivity index (χ0v) is 8.78. The molecule has 0 atom stereocenters. The van der Waals surface area contributed by atoms with E-state index >= 15 is 0 Å². The Kier molecular flexibility index (Phi) is 9.16. The zero-order valence-electron chi connectivity index (χ0n) is 8.78. The number of hydrogen-bond donors (Lipinski definition) is 5. The number of nitrogens with two attached hydrogens (primary N) is 4. The van der Waals surface area contributed by atoms with Crippen LogP contribution in [0.15, 0.2) is 0 Å². The molecule has 1 rings (SSSR count). The second-order valence-electron chi connectivity index (χ2n) is 3.29. The van der Waals surface area contributed by atoms with Gasteiger partial charge in [0.25, 0.3) is 0 Å². The van der Waals surface area contributed by atoms with Gasteiger partial charge in [0.15, 0.2) is 0 Å². The maximum Gasteiger partial charge on any atom is 0.0652 e. The average Bonchev–Trinajstić information content (AvgIpc) is 2.19. The van der Waals surface area contributed by atoms with Crippen LogP contribution in [0.3, 0.4) is 0 Å². The Bertz CT molecular complexity index is 110. The van der Waals surface area contributed by atoms with E-state index in [9.17, 15) is 0 Å². The van der Waals surface area contributed by atoms with E-state index in [1.54, 1.807) is 0 Å². The minimum atomic E-state index is -0.182. The van der Waals surface area contributed by atoms with Crippen molar-refractivity contribution in [3.63, 3.8) is 0 Å². The van der Waals surface area contributed by atoms with Gasteiger partial charge in [-0.05, 0) is 0 Å². The van der Waals surface area contributed by atoms with Crippen LogP contribution in [-0.2, 0) is 0 Å². The Morgan fingerprint density at radius 1 is 1.07 bits per heavy atom. The van der Waals surface area contributed by atoms with Crippen LogP contribution in [0, 0.1) is 0 Å². The highest BCUT2D eigenvalue weighted by atomic mass is 15.2. The van der Waals surface area contributed by atoms with Crippen molar-refractivity contribution in [3.05, 3.63) is 0 Å². The number of hydrogen-bond acceptors (Lipinski definition) is 6. The molecule has 0 radical (unpaired) electrons. The predicted molar refractivity (Wildman–Crippen MR) is 59.6 cm³/mol. The van der Waals surface area contributed by atoms with Crippen molar-refractivity contribution in [3.8, 4) is 0 Å². The van der Waals surface area contributed by atoms with E-state index in [2.05, 4.69) is 10.2 Å². The molecule has 1 heterocycles. The van der Waals surface area contributed by atoms with Crippen molar-refractivity contribution in [1.29, 1.82) is 0 Å². The highest BCUT2D eigenvalue weighted by Gasteiger charge is 2.09. The van der Waals surface area contributed by atoms with E-state index in [4.69, 9.17) is 22.9 Å². The molecule has 0 saturated carbocycles. The molecule has 0 bridgehead atoms. The summed E-state index contributed by atoms with van der Waals surface area (Å²) in [5.41, 5.74) is 20.7. The fraction of sp³-hybridized carbons (Fsp3) is 1.00. The Labute approximate surface area is 86.0 Å². The SMILES string of the molecule is NC(N)CN1CCNCC1.NCCN. The Balaban J connectivity index is 0.000000364. The van der Waals surface area contributed by atoms with E-state index in [1.807, 2.05) is 0 Å². The number of nitrogens with zero attached hydrogens (tertiary/aromatic N) is 1. The van der Waals surface area contributed by atoms with Gasteiger partial charge >= 0.3 is 0 Å². The highest BCUT2D eigenvalue weighted by Crippen LogP contribution is 1.90. The van der Waals surface area contributed by atoms with Gasteiger partial charge < -0.3 is 28.3 Å². The van der Waals surface area contributed by atoms with Gasteiger partial charge in [0.05, 0.1) is 6.17 Å². The first-order valence-corrected chi connectivity index (χ1v) is 5.05. The maximum absolute atomic E-state index is 5.44. The van der Waals surface area contributed by atoms with Crippen LogP contribution in [-0.4, -0.2) is 56.9 Å². The summed E-state index contributed by atoms with van der Waals surface area (Å²) in [6.45, 7) is 6.29. The Morgan fingerprint density at radius 2 is 1.57 bits per heavy atom. The lowest BCUT2D eigenvalue weighted by Gasteiger charge is -2.28. The molecular formula is C8H24N6. The minimum absolute atomic E-state index is 0.182. The zero-order chi connectivity index (χ0) is 10.8. The molecule has 0 aromatic rings. The molecule has 1 aliphatic rings. The van der Waals surface area contributed by atoms with E-state index < -0.39 is 0 Å². The summed E-state index contributed by atoms with van der Waals surface area (Å²) in [4.78, 5) is 2.28. The first kappa shape index (κ1) is 13.8. The lowest BCUT2D eigenvalue weighted by atomic mass is 10.3. The van der Waals surface area contributed by atoms with Crippen molar-refractivity contribution in [2.75, 3.05) is 45.8 Å². The van der Waals surface area contributed by atoms with Gasteiger partial charge in [-0.1, -0.05) is 0 Å². The van der Waals surface area contributed by atoms with Gasteiger partial charge in [-0.15, -0.1) is 0 Å². The van der Waals surface area contributed by atoms with Crippen LogP contribution in [0.4, 0.5) is 0 Å². The molecule has 1 fully saturated rings. The fourth-order valence-electron chi connectivity index (χ4n) is 1.19. The molecular weight excluding hydrogens is 180 g/mol. The van der Waals surface area contributed by atoms with E-state index in [0.29, 0.717) is 13.1 Å². The van der Waals surface area contributed by atoms with Crippen LogP contribution in [0.5, 0.6) is 0 Å². The summed E-state index contributed by atoms with van der Waals surface area (Å²) in [7, 11) is 0. The lowest BCUT2D eigenvalue weighted by Crippen LogP contribution is -2.50. The second-order valence-corrected chi connectivity index (χ2v) is 3.29. The summed E-state index contributed by atoms with van der Waals surface area (Å²) >= 11 is 0. The molecule has 0 aromatic heterocycles. The normalized spacial score (nSPS) is 17.8. The van der Waals surface area contributed by atoms with Crippen molar-refractivity contribution in [2.45, 2.75) is 6.17 Å². The molecule has 0 aromatic carbocycles. The molecule has 9 N–H and O–H groups in total. The highest BCUT2D eigenvalue weighted by molar-refractivity contribution is 4.69. The fourth-order valence-corrected chi connectivity index (χ4v) is 1.19. The maximum atomic E-state index is 5.44. The van der Waals surface area contributed by atoms with Gasteiger partial charge in [-0.2, -0.15) is 0 Å². The Hall–Kier alpha value is -0.240. The van der Waals surface area contributed by atoms with Gasteiger partial charge in [0.2, 0.25) is 0 Å². The van der Waals surface area contributed by atoms with Crippen LogP contribution in [0.1, 0.15) is 0 Å². The third kappa shape index (κ3) is 8.36. The van der Waals surface area contributed by atoms with Gasteiger partial charge in [0, 0.05) is 45.8 Å². The Morgan fingerprint density at radius 3 is 1.93 bits per heavy atom. The molecule has 1 aliphatic heterocycles. The number of piperazine rings is 1. The molecule has 0 aliphatic carbocycles. The lowest BCUT2D eigenvalue weighted by molar-refractivity contribution is 0.228. The second kappa shape index (κ2) is 9.32.